The van der Waals surface area contributed by atoms with Crippen LogP contribution in [0.5, 0.6) is 0 Å². The molecule has 4 aromatic carbocycles. The predicted molar refractivity (Wildman–Crippen MR) is 182 cm³/mol. The van der Waals surface area contributed by atoms with E-state index < -0.39 is 11.9 Å². The summed E-state index contributed by atoms with van der Waals surface area (Å²) < 4.78 is 10.3. The molecule has 0 bridgehead atoms. The van der Waals surface area contributed by atoms with Crippen LogP contribution in [-0.2, 0) is 15.9 Å². The second-order valence-electron chi connectivity index (χ2n) is 10.5. The molecule has 2 aromatic heterocycles. The van der Waals surface area contributed by atoms with Gasteiger partial charge in [-0.25, -0.2) is 29.5 Å². The van der Waals surface area contributed by atoms with Crippen LogP contribution in [0.25, 0.3) is 44.6 Å². The number of ether oxygens (including phenoxy) is 2. The molecule has 6 aromatic rings. The van der Waals surface area contributed by atoms with Crippen molar-refractivity contribution < 1.29 is 19.1 Å². The fourth-order valence-electron chi connectivity index (χ4n) is 5.31. The van der Waals surface area contributed by atoms with Crippen LogP contribution in [0.4, 0.5) is 5.82 Å². The molecule has 0 spiro atoms. The highest BCUT2D eigenvalue weighted by Crippen LogP contribution is 2.31. The largest absolute Gasteiger partial charge is 0.465 e. The lowest BCUT2D eigenvalue weighted by Crippen LogP contribution is -2.27. The number of aromatic nitrogens is 4. The zero-order chi connectivity index (χ0) is 32.2. The lowest BCUT2D eigenvalue weighted by atomic mass is 10.1. The normalized spacial score (nSPS) is 11.0. The monoisotopic (exact) mass is 675 g/mol. The van der Waals surface area contributed by atoms with Gasteiger partial charge in [0.25, 0.3) is 0 Å². The summed E-state index contributed by atoms with van der Waals surface area (Å²) in [6.07, 6.45) is 0.735. The van der Waals surface area contributed by atoms with Gasteiger partial charge in [0.2, 0.25) is 0 Å². The number of carbonyl (C=O) groups is 2. The molecule has 0 aliphatic carbocycles. The SMILES string of the molecule is CCN(CCc1cccc(-c2nc3ccc(C(=O)OC)cc3nc2Br)c1)c1nc2cc(C(=O)OC)ccc2nc1-c1ccccc1. The standard InChI is InChI=1S/C36H30BrN5O4/c1-4-42(34-32(23-10-6-5-7-11-23)39-28-16-14-26(36(44)46-3)21-30(28)41-34)18-17-22-9-8-12-24(19-22)31-33(37)40-29-20-25(35(43)45-2)13-15-27(29)38-31/h5-16,19-21H,4,17-18H2,1-3H3. The predicted octanol–water partition coefficient (Wildman–Crippen LogP) is 7.31. The quantitative estimate of drug-likeness (QED) is 0.146. The Hall–Kier alpha value is -5.22. The highest BCUT2D eigenvalue weighted by molar-refractivity contribution is 9.10. The van der Waals surface area contributed by atoms with Gasteiger partial charge >= 0.3 is 11.9 Å². The third kappa shape index (κ3) is 6.29. The molecule has 6 rings (SSSR count). The van der Waals surface area contributed by atoms with Gasteiger partial charge in [0, 0.05) is 24.2 Å². The van der Waals surface area contributed by atoms with Crippen LogP contribution in [-0.4, -0.2) is 59.2 Å². The minimum Gasteiger partial charge on any atom is -0.465 e. The van der Waals surface area contributed by atoms with E-state index in [0.29, 0.717) is 56.6 Å². The van der Waals surface area contributed by atoms with Gasteiger partial charge in [0.05, 0.1) is 47.4 Å². The maximum atomic E-state index is 12.2. The Morgan fingerprint density at radius 3 is 1.91 bits per heavy atom. The average Bonchev–Trinajstić information content (AvgIpc) is 3.10. The summed E-state index contributed by atoms with van der Waals surface area (Å²) in [6, 6.07) is 28.6. The highest BCUT2D eigenvalue weighted by atomic mass is 79.9. The van der Waals surface area contributed by atoms with Gasteiger partial charge in [-0.2, -0.15) is 0 Å². The van der Waals surface area contributed by atoms with Crippen LogP contribution in [0, 0.1) is 0 Å². The maximum absolute atomic E-state index is 12.2. The summed E-state index contributed by atoms with van der Waals surface area (Å²) in [4.78, 5) is 46.0. The van der Waals surface area contributed by atoms with Gasteiger partial charge in [-0.15, -0.1) is 0 Å². The summed E-state index contributed by atoms with van der Waals surface area (Å²) in [5.41, 5.74) is 7.92. The number of fused-ring (bicyclic) bond motifs is 2. The number of hydrogen-bond acceptors (Lipinski definition) is 9. The Morgan fingerprint density at radius 2 is 1.28 bits per heavy atom. The molecule has 9 nitrogen and oxygen atoms in total. The highest BCUT2D eigenvalue weighted by Gasteiger charge is 2.19. The maximum Gasteiger partial charge on any atom is 0.337 e. The van der Waals surface area contributed by atoms with E-state index in [-0.39, 0.29) is 0 Å². The van der Waals surface area contributed by atoms with Crippen molar-refractivity contribution in [1.82, 2.24) is 19.9 Å². The summed E-state index contributed by atoms with van der Waals surface area (Å²) in [5, 5.41) is 0. The molecule has 0 saturated heterocycles. The molecule has 0 amide bonds. The number of benzene rings is 4. The second kappa shape index (κ2) is 13.4. The third-order valence-electron chi connectivity index (χ3n) is 7.71. The number of esters is 2. The molecule has 0 unspecified atom stereocenters. The number of likely N-dealkylation sites (N-methyl/N-ethyl adjacent to an activating group) is 1. The number of hydrogen-bond donors (Lipinski definition) is 0. The summed E-state index contributed by atoms with van der Waals surface area (Å²) in [5.74, 6) is -0.0960. The fraction of sp³-hybridized carbons (Fsp3) is 0.167. The Balaban J connectivity index is 1.31. The Kier molecular flexibility index (Phi) is 8.98. The summed E-state index contributed by atoms with van der Waals surface area (Å²) >= 11 is 3.59. The number of halogens is 1. The molecule has 0 radical (unpaired) electrons. The number of methoxy groups -OCH3 is 2. The first-order valence-electron chi connectivity index (χ1n) is 14.7. The molecule has 46 heavy (non-hydrogen) atoms. The van der Waals surface area contributed by atoms with E-state index in [1.807, 2.05) is 42.5 Å². The van der Waals surface area contributed by atoms with Gasteiger partial charge in [0.15, 0.2) is 5.82 Å². The first-order valence-corrected chi connectivity index (χ1v) is 15.5. The topological polar surface area (TPSA) is 107 Å². The molecule has 10 heteroatoms. The van der Waals surface area contributed by atoms with Crippen molar-refractivity contribution in [2.45, 2.75) is 13.3 Å². The van der Waals surface area contributed by atoms with E-state index in [4.69, 9.17) is 24.4 Å². The number of nitrogens with zero attached hydrogens (tertiary/aromatic N) is 5. The van der Waals surface area contributed by atoms with Crippen molar-refractivity contribution in [3.63, 3.8) is 0 Å². The van der Waals surface area contributed by atoms with Crippen molar-refractivity contribution in [2.24, 2.45) is 0 Å². The van der Waals surface area contributed by atoms with Crippen LogP contribution >= 0.6 is 15.9 Å². The zero-order valence-corrected chi connectivity index (χ0v) is 27.1. The van der Waals surface area contributed by atoms with Gasteiger partial charge in [-0.05, 0) is 77.3 Å². The Morgan fingerprint density at radius 1 is 0.674 bits per heavy atom. The first kappa shape index (κ1) is 30.8. The van der Waals surface area contributed by atoms with Crippen molar-refractivity contribution in [3.05, 3.63) is 112 Å². The zero-order valence-electron chi connectivity index (χ0n) is 25.5. The lowest BCUT2D eigenvalue weighted by Gasteiger charge is -2.25. The molecule has 0 atom stereocenters. The summed E-state index contributed by atoms with van der Waals surface area (Å²) in [6.45, 7) is 3.47. The third-order valence-corrected chi connectivity index (χ3v) is 8.26. The molecule has 0 saturated carbocycles. The molecule has 230 valence electrons. The van der Waals surface area contributed by atoms with E-state index in [0.717, 1.165) is 34.6 Å². The van der Waals surface area contributed by atoms with Gasteiger partial charge in [-0.3, -0.25) is 0 Å². The molecular weight excluding hydrogens is 646 g/mol. The Labute approximate surface area is 274 Å². The number of anilines is 1. The van der Waals surface area contributed by atoms with E-state index in [9.17, 15) is 9.59 Å². The van der Waals surface area contributed by atoms with Gasteiger partial charge in [0.1, 0.15) is 16.0 Å². The van der Waals surface area contributed by atoms with E-state index in [1.54, 1.807) is 36.4 Å². The van der Waals surface area contributed by atoms with Crippen molar-refractivity contribution >= 4 is 55.8 Å². The molecule has 2 heterocycles. The second-order valence-corrected chi connectivity index (χ2v) is 11.3. The molecule has 0 aliphatic rings. The average molecular weight is 677 g/mol. The Bertz CT molecular complexity index is 2090. The minimum atomic E-state index is -0.422. The first-order chi connectivity index (χ1) is 22.4. The van der Waals surface area contributed by atoms with Crippen LogP contribution in [0.1, 0.15) is 33.2 Å². The smallest absolute Gasteiger partial charge is 0.337 e. The van der Waals surface area contributed by atoms with Crippen LogP contribution < -0.4 is 4.90 Å². The van der Waals surface area contributed by atoms with Gasteiger partial charge < -0.3 is 14.4 Å². The number of rotatable bonds is 9. The van der Waals surface area contributed by atoms with Crippen LogP contribution in [0.2, 0.25) is 0 Å². The molecule has 0 N–H and O–H groups in total. The summed E-state index contributed by atoms with van der Waals surface area (Å²) in [7, 11) is 2.71. The van der Waals surface area contributed by atoms with Crippen molar-refractivity contribution in [3.8, 4) is 22.5 Å². The van der Waals surface area contributed by atoms with Crippen molar-refractivity contribution in [2.75, 3.05) is 32.2 Å². The van der Waals surface area contributed by atoms with E-state index >= 15 is 0 Å². The van der Waals surface area contributed by atoms with Crippen LogP contribution in [0.15, 0.2) is 95.6 Å². The van der Waals surface area contributed by atoms with Crippen molar-refractivity contribution in [1.29, 1.82) is 0 Å². The molecule has 0 fully saturated rings. The molecular formula is C36H30BrN5O4. The number of carbonyl (C=O) groups excluding carboxylic acids is 2. The fourth-order valence-corrected chi connectivity index (χ4v) is 5.82. The lowest BCUT2D eigenvalue weighted by molar-refractivity contribution is 0.0592. The molecule has 0 aliphatic heterocycles. The van der Waals surface area contributed by atoms with Crippen LogP contribution in [0.3, 0.4) is 0 Å². The van der Waals surface area contributed by atoms with Gasteiger partial charge in [-0.1, -0.05) is 48.5 Å². The van der Waals surface area contributed by atoms with E-state index in [2.05, 4.69) is 44.9 Å². The minimum absolute atomic E-state index is 0.418. The van der Waals surface area contributed by atoms with E-state index in [1.165, 1.54) is 14.2 Å².